The third-order valence-electron chi connectivity index (χ3n) is 11.3. The fraction of sp³-hybridized carbons (Fsp3) is 0.0208. The van der Waals surface area contributed by atoms with Crippen molar-refractivity contribution < 1.29 is 4.74 Å². The van der Waals surface area contributed by atoms with Gasteiger partial charge in [0.15, 0.2) is 0 Å². The molecule has 256 valence electrons. The number of hydrogen-bond donors (Lipinski definition) is 0. The van der Waals surface area contributed by atoms with Gasteiger partial charge in [-0.1, -0.05) is 78.5 Å². The standard InChI is InChI=1S/C48H27N5OS/c49-27-29-19-21-39-33(24-29)32-10-1-3-13-38(32)52(39)30-20-22-43-36(25-30)48(34-11-2-6-16-42(34)54-43)35-12-9-23-50-46(35)47-37(48)26-31(28-51-47)53-40-14-4-7-17-44(40)55-45-18-8-5-15-41(45)53/h1-26,28H. The maximum atomic E-state index is 9.80. The highest BCUT2D eigenvalue weighted by Gasteiger charge is 2.53. The van der Waals surface area contributed by atoms with E-state index in [0.29, 0.717) is 5.56 Å². The van der Waals surface area contributed by atoms with E-state index < -0.39 is 5.41 Å². The number of rotatable bonds is 2. The highest BCUT2D eigenvalue weighted by molar-refractivity contribution is 7.99. The molecule has 9 aromatic rings. The lowest BCUT2D eigenvalue weighted by Crippen LogP contribution is -2.32. The second kappa shape index (κ2) is 11.2. The van der Waals surface area contributed by atoms with Crippen LogP contribution in [0.15, 0.2) is 174 Å². The predicted octanol–water partition coefficient (Wildman–Crippen LogP) is 11.8. The minimum absolute atomic E-state index is 0.636. The number of hydrogen-bond acceptors (Lipinski definition) is 6. The molecule has 7 heteroatoms. The Balaban J connectivity index is 1.16. The van der Waals surface area contributed by atoms with Crippen molar-refractivity contribution in [3.05, 3.63) is 192 Å². The largest absolute Gasteiger partial charge is 0.457 e. The fourth-order valence-corrected chi connectivity index (χ4v) is 10.2. The first-order chi connectivity index (χ1) is 27.2. The second-order valence-electron chi connectivity index (χ2n) is 14.1. The molecule has 3 aliphatic rings. The molecule has 3 aromatic heterocycles. The van der Waals surface area contributed by atoms with Crippen molar-refractivity contribution in [2.75, 3.05) is 4.90 Å². The molecule has 5 heterocycles. The Morgan fingerprint density at radius 1 is 0.564 bits per heavy atom. The molecule has 1 atom stereocenters. The van der Waals surface area contributed by atoms with Crippen molar-refractivity contribution in [1.29, 1.82) is 5.26 Å². The second-order valence-corrected chi connectivity index (χ2v) is 15.2. The van der Waals surface area contributed by atoms with Crippen LogP contribution in [-0.4, -0.2) is 14.5 Å². The van der Waals surface area contributed by atoms with E-state index in [9.17, 15) is 5.26 Å². The van der Waals surface area contributed by atoms with Gasteiger partial charge in [-0.05, 0) is 90.5 Å². The van der Waals surface area contributed by atoms with Crippen LogP contribution in [0.5, 0.6) is 11.5 Å². The van der Waals surface area contributed by atoms with Crippen LogP contribution in [0.2, 0.25) is 0 Å². The molecule has 6 nitrogen and oxygen atoms in total. The van der Waals surface area contributed by atoms with Crippen LogP contribution < -0.4 is 9.64 Å². The van der Waals surface area contributed by atoms with E-state index in [-0.39, 0.29) is 0 Å². The molecule has 12 rings (SSSR count). The fourth-order valence-electron chi connectivity index (χ4n) is 9.14. The molecular weight excluding hydrogens is 695 g/mol. The van der Waals surface area contributed by atoms with Gasteiger partial charge in [0, 0.05) is 49.1 Å². The van der Waals surface area contributed by atoms with Crippen LogP contribution >= 0.6 is 11.8 Å². The molecule has 0 bridgehead atoms. The number of nitriles is 1. The van der Waals surface area contributed by atoms with Crippen LogP contribution in [0.4, 0.5) is 17.1 Å². The number of ether oxygens (including phenoxy) is 1. The summed E-state index contributed by atoms with van der Waals surface area (Å²) in [5, 5.41) is 11.9. The van der Waals surface area contributed by atoms with Gasteiger partial charge in [0.25, 0.3) is 0 Å². The zero-order chi connectivity index (χ0) is 36.3. The maximum absolute atomic E-state index is 9.80. The van der Waals surface area contributed by atoms with E-state index in [0.717, 1.165) is 89.7 Å². The number of nitrogens with zero attached hydrogens (tertiary/aromatic N) is 5. The summed E-state index contributed by atoms with van der Waals surface area (Å²) in [5.41, 5.74) is 12.1. The van der Waals surface area contributed by atoms with Crippen LogP contribution in [0, 0.1) is 11.3 Å². The average molecular weight is 722 g/mol. The summed E-state index contributed by atoms with van der Waals surface area (Å²) in [4.78, 5) is 15.1. The summed E-state index contributed by atoms with van der Waals surface area (Å²) in [5.74, 6) is 1.59. The smallest absolute Gasteiger partial charge is 0.132 e. The number of fused-ring (bicyclic) bond motifs is 14. The molecule has 0 radical (unpaired) electrons. The molecule has 0 N–H and O–H groups in total. The first-order valence-corrected chi connectivity index (χ1v) is 19.0. The molecule has 0 saturated heterocycles. The van der Waals surface area contributed by atoms with Gasteiger partial charge in [0.2, 0.25) is 0 Å². The summed E-state index contributed by atoms with van der Waals surface area (Å²) in [6.45, 7) is 0. The van der Waals surface area contributed by atoms with Crippen molar-refractivity contribution in [2.24, 2.45) is 0 Å². The van der Waals surface area contributed by atoms with Crippen LogP contribution in [-0.2, 0) is 5.41 Å². The topological polar surface area (TPSA) is 67.0 Å². The van der Waals surface area contributed by atoms with Crippen molar-refractivity contribution in [3.8, 4) is 34.6 Å². The van der Waals surface area contributed by atoms with Crippen LogP contribution in [0.3, 0.4) is 0 Å². The summed E-state index contributed by atoms with van der Waals surface area (Å²) in [6.07, 6.45) is 3.86. The molecule has 0 fully saturated rings. The molecule has 0 amide bonds. The predicted molar refractivity (Wildman–Crippen MR) is 217 cm³/mol. The molecule has 2 aliphatic heterocycles. The van der Waals surface area contributed by atoms with Gasteiger partial charge in [-0.2, -0.15) is 5.26 Å². The lowest BCUT2D eigenvalue weighted by molar-refractivity contribution is 0.436. The zero-order valence-electron chi connectivity index (χ0n) is 29.1. The van der Waals surface area contributed by atoms with Gasteiger partial charge >= 0.3 is 0 Å². The molecule has 0 saturated carbocycles. The van der Waals surface area contributed by atoms with Gasteiger partial charge in [-0.25, -0.2) is 0 Å². The van der Waals surface area contributed by atoms with Crippen LogP contribution in [0.25, 0.3) is 38.9 Å². The Labute approximate surface area is 320 Å². The lowest BCUT2D eigenvalue weighted by Gasteiger charge is -2.39. The third-order valence-corrected chi connectivity index (χ3v) is 12.5. The SMILES string of the molecule is N#Cc1ccc2c(c1)c1ccccc1n2-c1ccc2c(c1)C1(c3ccccc3O2)c2cccnc2-c2ncc(N3c4ccccc4Sc4ccccc43)cc21. The number of anilines is 3. The van der Waals surface area contributed by atoms with Gasteiger partial charge < -0.3 is 14.2 Å². The minimum Gasteiger partial charge on any atom is -0.457 e. The minimum atomic E-state index is -0.793. The normalized spacial score (nSPS) is 15.7. The molecule has 55 heavy (non-hydrogen) atoms. The van der Waals surface area contributed by atoms with E-state index >= 15 is 0 Å². The van der Waals surface area contributed by atoms with Gasteiger partial charge in [-0.15, -0.1) is 0 Å². The van der Waals surface area contributed by atoms with Crippen molar-refractivity contribution >= 4 is 50.6 Å². The molecule has 1 unspecified atom stereocenters. The Kier molecular flexibility index (Phi) is 6.17. The summed E-state index contributed by atoms with van der Waals surface area (Å²) < 4.78 is 9.11. The van der Waals surface area contributed by atoms with E-state index in [1.807, 2.05) is 36.7 Å². The quantitative estimate of drug-likeness (QED) is 0.177. The number of aromatic nitrogens is 3. The van der Waals surface area contributed by atoms with Crippen molar-refractivity contribution in [3.63, 3.8) is 0 Å². The summed E-state index contributed by atoms with van der Waals surface area (Å²) in [7, 11) is 0. The van der Waals surface area contributed by atoms with E-state index in [4.69, 9.17) is 14.7 Å². The zero-order valence-corrected chi connectivity index (χ0v) is 30.0. The van der Waals surface area contributed by atoms with Gasteiger partial charge in [-0.3, -0.25) is 9.97 Å². The highest BCUT2D eigenvalue weighted by Crippen LogP contribution is 2.62. The molecule has 1 spiro atoms. The summed E-state index contributed by atoms with van der Waals surface area (Å²) in [6, 6.07) is 55.3. The molecule has 1 aliphatic carbocycles. The van der Waals surface area contributed by atoms with Crippen molar-refractivity contribution in [2.45, 2.75) is 15.2 Å². The number of benzene rings is 6. The third kappa shape index (κ3) is 4.04. The van der Waals surface area contributed by atoms with Gasteiger partial charge in [0.05, 0.1) is 62.7 Å². The maximum Gasteiger partial charge on any atom is 0.132 e. The Morgan fingerprint density at radius 3 is 2.11 bits per heavy atom. The number of para-hydroxylation sites is 4. The van der Waals surface area contributed by atoms with Gasteiger partial charge in [0.1, 0.15) is 11.5 Å². The molecule has 6 aromatic carbocycles. The first-order valence-electron chi connectivity index (χ1n) is 18.2. The molecular formula is C48H27N5OS. The van der Waals surface area contributed by atoms with Crippen LogP contribution in [0.1, 0.15) is 27.8 Å². The Bertz CT molecular complexity index is 3120. The van der Waals surface area contributed by atoms with E-state index in [1.54, 1.807) is 11.8 Å². The van der Waals surface area contributed by atoms with E-state index in [1.165, 1.54) is 9.79 Å². The Morgan fingerprint density at radius 2 is 1.25 bits per heavy atom. The van der Waals surface area contributed by atoms with E-state index in [2.05, 4.69) is 143 Å². The monoisotopic (exact) mass is 721 g/mol. The Hall–Kier alpha value is -7.14. The lowest BCUT2D eigenvalue weighted by atomic mass is 9.66. The average Bonchev–Trinajstić information content (AvgIpc) is 3.73. The highest BCUT2D eigenvalue weighted by atomic mass is 32.2. The first kappa shape index (κ1) is 30.3. The van der Waals surface area contributed by atoms with Crippen molar-refractivity contribution in [1.82, 2.24) is 14.5 Å². The number of pyridine rings is 2. The summed E-state index contributed by atoms with van der Waals surface area (Å²) >= 11 is 1.80.